The van der Waals surface area contributed by atoms with Gasteiger partial charge in [0.05, 0.1) is 6.04 Å². The molecule has 0 aromatic heterocycles. The van der Waals surface area contributed by atoms with Gasteiger partial charge in [-0.1, -0.05) is 20.3 Å². The number of carbonyl (C=O) groups excluding carboxylic acids is 1. The van der Waals surface area contributed by atoms with Gasteiger partial charge in [0.1, 0.15) is 0 Å². The van der Waals surface area contributed by atoms with Crippen LogP contribution in [0.3, 0.4) is 0 Å². The molecular formula is C10H22InN2O. The molecule has 0 aromatic rings. The molecule has 3 nitrogen and oxygen atoms in total. The van der Waals surface area contributed by atoms with Crippen LogP contribution in [-0.2, 0) is 4.79 Å². The van der Waals surface area contributed by atoms with E-state index in [0.717, 1.165) is 19.5 Å². The van der Waals surface area contributed by atoms with E-state index in [0.29, 0.717) is 5.92 Å². The first-order valence-electron chi connectivity index (χ1n) is 5.13. The van der Waals surface area contributed by atoms with E-state index in [1.165, 1.54) is 6.42 Å². The van der Waals surface area contributed by atoms with Gasteiger partial charge in [-0.3, -0.25) is 4.79 Å². The van der Waals surface area contributed by atoms with Gasteiger partial charge >= 0.3 is 0 Å². The van der Waals surface area contributed by atoms with Gasteiger partial charge in [0.15, 0.2) is 0 Å². The predicted molar refractivity (Wildman–Crippen MR) is 61.4 cm³/mol. The van der Waals surface area contributed by atoms with Crippen molar-refractivity contribution in [2.24, 2.45) is 5.92 Å². The number of nitrogens with zero attached hydrogens (tertiary/aromatic N) is 1. The third-order valence-corrected chi connectivity index (χ3v) is 2.84. The van der Waals surface area contributed by atoms with Crippen molar-refractivity contribution in [1.29, 1.82) is 0 Å². The van der Waals surface area contributed by atoms with E-state index in [9.17, 15) is 4.79 Å². The summed E-state index contributed by atoms with van der Waals surface area (Å²) >= 11 is 0. The monoisotopic (exact) mass is 301 g/mol. The molecule has 1 unspecified atom stereocenters. The van der Waals surface area contributed by atoms with Crippen molar-refractivity contribution in [3.05, 3.63) is 0 Å². The molecular weight excluding hydrogens is 279 g/mol. The number of carbonyl (C=O) groups is 1. The van der Waals surface area contributed by atoms with Crippen molar-refractivity contribution in [1.82, 2.24) is 10.2 Å². The first-order chi connectivity index (χ1) is 6.15. The number of hydrogen-bond donors (Lipinski definition) is 1. The molecule has 3 radical (unpaired) electrons. The summed E-state index contributed by atoms with van der Waals surface area (Å²) in [7, 11) is 1.87. The summed E-state index contributed by atoms with van der Waals surface area (Å²) < 4.78 is 0. The standard InChI is InChI=1S/C10H20N2O.In.H2/c1-4-8(2)7-11-9-5-6-12(3)10(9)13;;/h8-9,11H,4-7H2,1-3H3;;1H/t8?,9-;;/m0../s1. The van der Waals surface area contributed by atoms with Crippen molar-refractivity contribution in [3.8, 4) is 0 Å². The van der Waals surface area contributed by atoms with Gasteiger partial charge in [0, 0.05) is 40.9 Å². The van der Waals surface area contributed by atoms with Crippen LogP contribution in [0.5, 0.6) is 0 Å². The van der Waals surface area contributed by atoms with Gasteiger partial charge in [-0.25, -0.2) is 0 Å². The average Bonchev–Trinajstić information content (AvgIpc) is 2.44. The Morgan fingerprint density at radius 1 is 1.71 bits per heavy atom. The van der Waals surface area contributed by atoms with Crippen LogP contribution in [0.15, 0.2) is 0 Å². The zero-order chi connectivity index (χ0) is 9.84. The van der Waals surface area contributed by atoms with Crippen LogP contribution < -0.4 is 5.32 Å². The molecule has 1 aliphatic heterocycles. The number of likely N-dealkylation sites (N-methyl/N-ethyl adjacent to an activating group) is 1. The van der Waals surface area contributed by atoms with Gasteiger partial charge in [0.2, 0.25) is 5.91 Å². The minimum atomic E-state index is 0. The maximum Gasteiger partial charge on any atom is 0.239 e. The molecule has 2 atom stereocenters. The summed E-state index contributed by atoms with van der Waals surface area (Å²) in [6.45, 7) is 6.24. The second-order valence-electron chi connectivity index (χ2n) is 4.02. The van der Waals surface area contributed by atoms with Crippen molar-refractivity contribution in [3.63, 3.8) is 0 Å². The minimum absolute atomic E-state index is 0. The smallest absolute Gasteiger partial charge is 0.239 e. The van der Waals surface area contributed by atoms with Crippen molar-refractivity contribution < 1.29 is 6.22 Å². The Labute approximate surface area is 107 Å². The molecule has 0 spiro atoms. The molecule has 1 rings (SSSR count). The van der Waals surface area contributed by atoms with Crippen LogP contribution in [0, 0.1) is 5.92 Å². The molecule has 1 amide bonds. The van der Waals surface area contributed by atoms with Gasteiger partial charge < -0.3 is 10.2 Å². The van der Waals surface area contributed by atoms with Gasteiger partial charge in [-0.15, -0.1) is 0 Å². The first kappa shape index (κ1) is 14.3. The molecule has 1 fully saturated rings. The average molecular weight is 301 g/mol. The molecule has 0 bridgehead atoms. The molecule has 1 aliphatic rings. The topological polar surface area (TPSA) is 32.3 Å². The zero-order valence-corrected chi connectivity index (χ0v) is 12.7. The van der Waals surface area contributed by atoms with Crippen LogP contribution in [0.25, 0.3) is 0 Å². The van der Waals surface area contributed by atoms with Crippen LogP contribution in [0.2, 0.25) is 0 Å². The fraction of sp³-hybridized carbons (Fsp3) is 0.900. The summed E-state index contributed by atoms with van der Waals surface area (Å²) in [5.74, 6) is 0.919. The fourth-order valence-corrected chi connectivity index (χ4v) is 1.50. The van der Waals surface area contributed by atoms with Crippen molar-refractivity contribution in [2.45, 2.75) is 32.7 Å². The van der Waals surface area contributed by atoms with Gasteiger partial charge in [-0.05, 0) is 18.9 Å². The quantitative estimate of drug-likeness (QED) is 0.830. The number of hydrogen-bond acceptors (Lipinski definition) is 2. The Hall–Kier alpha value is 0.300. The predicted octanol–water partition coefficient (Wildman–Crippen LogP) is 0.718. The van der Waals surface area contributed by atoms with Crippen LogP contribution in [0.4, 0.5) is 0 Å². The Balaban J connectivity index is 0. The second-order valence-corrected chi connectivity index (χ2v) is 4.02. The molecule has 4 heteroatoms. The third kappa shape index (κ3) is 3.81. The SMILES string of the molecule is CCC(C)CN[C@H]1CCN(C)C1=O.[HH].[In]. The molecule has 0 aliphatic carbocycles. The molecule has 0 aromatic carbocycles. The largest absolute Gasteiger partial charge is 0.344 e. The molecule has 14 heavy (non-hydrogen) atoms. The third-order valence-electron chi connectivity index (χ3n) is 2.84. The van der Waals surface area contributed by atoms with E-state index < -0.39 is 0 Å². The van der Waals surface area contributed by atoms with E-state index in [-0.39, 0.29) is 39.2 Å². The van der Waals surface area contributed by atoms with Crippen LogP contribution >= 0.6 is 0 Å². The maximum absolute atomic E-state index is 11.5. The molecule has 0 saturated carbocycles. The summed E-state index contributed by atoms with van der Waals surface area (Å²) in [4.78, 5) is 13.3. The summed E-state index contributed by atoms with van der Waals surface area (Å²) in [6.07, 6.45) is 2.13. The zero-order valence-electron chi connectivity index (χ0n) is 9.42. The Morgan fingerprint density at radius 2 is 2.36 bits per heavy atom. The number of rotatable bonds is 4. The first-order valence-corrected chi connectivity index (χ1v) is 5.13. The number of likely N-dealkylation sites (tertiary alicyclic amines) is 1. The Bertz CT molecular complexity index is 192. The van der Waals surface area contributed by atoms with Crippen LogP contribution in [0.1, 0.15) is 28.1 Å². The summed E-state index contributed by atoms with van der Waals surface area (Å²) in [5, 5.41) is 3.32. The second kappa shape index (κ2) is 6.72. The van der Waals surface area contributed by atoms with E-state index in [2.05, 4.69) is 19.2 Å². The summed E-state index contributed by atoms with van der Waals surface area (Å²) in [5.41, 5.74) is 0. The molecule has 1 heterocycles. The summed E-state index contributed by atoms with van der Waals surface area (Å²) in [6, 6.07) is 0.0824. The van der Waals surface area contributed by atoms with E-state index >= 15 is 0 Å². The molecule has 81 valence electrons. The Morgan fingerprint density at radius 3 is 2.79 bits per heavy atom. The van der Waals surface area contributed by atoms with Gasteiger partial charge in [0.25, 0.3) is 0 Å². The van der Waals surface area contributed by atoms with E-state index in [1.54, 1.807) is 4.90 Å². The Kier molecular flexibility index (Phi) is 6.87. The molecule has 1 saturated heterocycles. The number of amides is 1. The van der Waals surface area contributed by atoms with Gasteiger partial charge in [-0.2, -0.15) is 0 Å². The van der Waals surface area contributed by atoms with E-state index in [1.807, 2.05) is 7.05 Å². The minimum Gasteiger partial charge on any atom is -0.344 e. The van der Waals surface area contributed by atoms with E-state index in [4.69, 9.17) is 0 Å². The fourth-order valence-electron chi connectivity index (χ4n) is 1.50. The van der Waals surface area contributed by atoms with Crippen LogP contribution in [-0.4, -0.2) is 62.8 Å². The molecule has 1 N–H and O–H groups in total. The number of nitrogens with one attached hydrogen (secondary N) is 1. The maximum atomic E-state index is 11.5. The normalized spacial score (nSPS) is 23.5. The van der Waals surface area contributed by atoms with Crippen molar-refractivity contribution in [2.75, 3.05) is 20.1 Å². The van der Waals surface area contributed by atoms with Crippen molar-refractivity contribution >= 4 is 31.8 Å².